The minimum atomic E-state index is 0.529. The second-order valence-electron chi connectivity index (χ2n) is 5.46. The lowest BCUT2D eigenvalue weighted by Crippen LogP contribution is -2.47. The average molecular weight is 248 g/mol. The van der Waals surface area contributed by atoms with Gasteiger partial charge in [0.25, 0.3) is 0 Å². The van der Waals surface area contributed by atoms with Crippen molar-refractivity contribution in [3.8, 4) is 0 Å². The van der Waals surface area contributed by atoms with E-state index in [1.54, 1.807) is 7.11 Å². The predicted octanol–water partition coefficient (Wildman–Crippen LogP) is 3.84. The van der Waals surface area contributed by atoms with Crippen LogP contribution in [-0.4, -0.2) is 27.2 Å². The summed E-state index contributed by atoms with van der Waals surface area (Å²) >= 11 is 0. The molecule has 0 unspecified atom stereocenters. The maximum Gasteiger partial charge on any atom is 0.136 e. The Morgan fingerprint density at radius 2 is 1.94 bits per heavy atom. The van der Waals surface area contributed by atoms with E-state index in [0.29, 0.717) is 6.04 Å². The van der Waals surface area contributed by atoms with Crippen molar-refractivity contribution in [2.24, 2.45) is 0 Å². The molecule has 0 N–H and O–H groups in total. The van der Waals surface area contributed by atoms with Gasteiger partial charge in [-0.25, -0.2) is 0 Å². The quantitative estimate of drug-likeness (QED) is 0.568. The van der Waals surface area contributed by atoms with Gasteiger partial charge in [-0.2, -0.15) is 0 Å². The van der Waals surface area contributed by atoms with Gasteiger partial charge < -0.3 is 4.74 Å². The molecule has 0 radical (unpaired) electrons. The van der Waals surface area contributed by atoms with Crippen LogP contribution >= 0.6 is 0 Å². The van der Waals surface area contributed by atoms with Gasteiger partial charge in [0, 0.05) is 17.2 Å². The van der Waals surface area contributed by atoms with E-state index in [2.05, 4.69) is 59.6 Å². The van der Waals surface area contributed by atoms with Crippen LogP contribution in [0.25, 0.3) is 5.76 Å². The van der Waals surface area contributed by atoms with Crippen molar-refractivity contribution in [3.63, 3.8) is 0 Å². The van der Waals surface area contributed by atoms with Crippen molar-refractivity contribution in [2.45, 2.75) is 33.2 Å². The molecule has 0 saturated carbocycles. The zero-order valence-electron chi connectivity index (χ0n) is 12.6. The number of aryl methyl sites for hydroxylation is 1. The number of methoxy groups -OCH3 is 1. The van der Waals surface area contributed by atoms with Gasteiger partial charge in [0.05, 0.1) is 27.2 Å². The normalized spacial score (nSPS) is 11.7. The molecule has 0 aliphatic carbocycles. The van der Waals surface area contributed by atoms with Crippen LogP contribution < -0.4 is 4.48 Å². The van der Waals surface area contributed by atoms with Gasteiger partial charge in [-0.05, 0) is 20.3 Å². The summed E-state index contributed by atoms with van der Waals surface area (Å²) in [5, 5.41) is 0. The molecule has 0 amide bonds. The Balaban J connectivity index is 3.35. The highest BCUT2D eigenvalue weighted by molar-refractivity contribution is 5.64. The molecule has 0 bridgehead atoms. The molecule has 0 aliphatic rings. The lowest BCUT2D eigenvalue weighted by Gasteiger charge is -2.35. The topological polar surface area (TPSA) is 9.23 Å². The monoisotopic (exact) mass is 248 g/mol. The molecule has 0 heterocycles. The van der Waals surface area contributed by atoms with Crippen LogP contribution in [0.15, 0.2) is 24.8 Å². The van der Waals surface area contributed by atoms with Crippen molar-refractivity contribution < 1.29 is 4.74 Å². The maximum absolute atomic E-state index is 5.24. The van der Waals surface area contributed by atoms with E-state index in [1.807, 2.05) is 0 Å². The van der Waals surface area contributed by atoms with Crippen LogP contribution in [0.2, 0.25) is 0 Å². The van der Waals surface area contributed by atoms with Crippen molar-refractivity contribution in [3.05, 3.63) is 35.9 Å². The first-order chi connectivity index (χ1) is 8.34. The Bertz CT molecular complexity index is 433. The molecule has 0 aliphatic heterocycles. The van der Waals surface area contributed by atoms with E-state index in [4.69, 9.17) is 4.74 Å². The molecular weight excluding hydrogens is 222 g/mol. The minimum absolute atomic E-state index is 0.529. The molecule has 1 rings (SSSR count). The minimum Gasteiger partial charge on any atom is -0.497 e. The second-order valence-corrected chi connectivity index (χ2v) is 5.46. The Labute approximate surface area is 111 Å². The van der Waals surface area contributed by atoms with E-state index < -0.39 is 0 Å². The smallest absolute Gasteiger partial charge is 0.136 e. The molecule has 1 aromatic rings. The summed E-state index contributed by atoms with van der Waals surface area (Å²) in [6.45, 7) is 10.6. The Morgan fingerprint density at radius 1 is 1.33 bits per heavy atom. The van der Waals surface area contributed by atoms with E-state index >= 15 is 0 Å². The number of nitrogens with zero attached hydrogens (tertiary/aromatic N) is 1. The lowest BCUT2D eigenvalue weighted by atomic mass is 10.0. The van der Waals surface area contributed by atoms with Crippen LogP contribution in [0, 0.1) is 0 Å². The molecule has 0 spiro atoms. The molecule has 0 fully saturated rings. The Kier molecular flexibility index (Phi) is 4.58. The SMILES string of the molecule is C=C(OC)c1ccc(CC)c([N+](C)(C)C(C)C)c1. The van der Waals surface area contributed by atoms with E-state index in [9.17, 15) is 0 Å². The molecule has 100 valence electrons. The average Bonchev–Trinajstić information content (AvgIpc) is 2.36. The third-order valence-electron chi connectivity index (χ3n) is 3.95. The number of ether oxygens (including phenoxy) is 1. The maximum atomic E-state index is 5.24. The summed E-state index contributed by atoms with van der Waals surface area (Å²) < 4.78 is 6.11. The molecule has 0 saturated heterocycles. The number of hydrogen-bond acceptors (Lipinski definition) is 1. The summed E-state index contributed by atoms with van der Waals surface area (Å²) in [7, 11) is 6.16. The summed E-state index contributed by atoms with van der Waals surface area (Å²) in [6.07, 6.45) is 1.05. The summed E-state index contributed by atoms with van der Waals surface area (Å²) in [4.78, 5) is 0. The molecule has 0 atom stereocenters. The van der Waals surface area contributed by atoms with Crippen LogP contribution in [-0.2, 0) is 11.2 Å². The van der Waals surface area contributed by atoms with Gasteiger partial charge >= 0.3 is 0 Å². The summed E-state index contributed by atoms with van der Waals surface area (Å²) in [6, 6.07) is 7.03. The molecule has 0 aromatic heterocycles. The van der Waals surface area contributed by atoms with Gasteiger partial charge in [-0.15, -0.1) is 0 Å². The molecule has 1 aromatic carbocycles. The third-order valence-corrected chi connectivity index (χ3v) is 3.95. The summed E-state index contributed by atoms with van der Waals surface area (Å²) in [5.74, 6) is 0.725. The number of benzene rings is 1. The van der Waals surface area contributed by atoms with Crippen molar-refractivity contribution in [1.82, 2.24) is 4.48 Å². The second kappa shape index (κ2) is 5.57. The number of rotatable bonds is 5. The largest absolute Gasteiger partial charge is 0.497 e. The zero-order chi connectivity index (χ0) is 13.9. The van der Waals surface area contributed by atoms with Crippen LogP contribution in [0.4, 0.5) is 5.69 Å². The fourth-order valence-electron chi connectivity index (χ4n) is 1.97. The fourth-order valence-corrected chi connectivity index (χ4v) is 1.97. The van der Waals surface area contributed by atoms with E-state index in [0.717, 1.165) is 22.2 Å². The zero-order valence-corrected chi connectivity index (χ0v) is 12.6. The predicted molar refractivity (Wildman–Crippen MR) is 80.6 cm³/mol. The molecule has 2 nitrogen and oxygen atoms in total. The molecule has 18 heavy (non-hydrogen) atoms. The van der Waals surface area contributed by atoms with Gasteiger partial charge in [-0.1, -0.05) is 25.6 Å². The van der Waals surface area contributed by atoms with Gasteiger partial charge in [0.2, 0.25) is 0 Å². The standard InChI is InChI=1S/C16H26NO/c1-8-14-9-10-15(13(4)18-7)11-16(14)17(5,6)12(2)3/h9-12H,4,8H2,1-3,5-7H3/q+1. The van der Waals surface area contributed by atoms with E-state index in [-0.39, 0.29) is 0 Å². The third kappa shape index (κ3) is 2.75. The lowest BCUT2D eigenvalue weighted by molar-refractivity contribution is 0.327. The van der Waals surface area contributed by atoms with Crippen molar-refractivity contribution in [1.29, 1.82) is 0 Å². The highest BCUT2D eigenvalue weighted by Crippen LogP contribution is 2.30. The highest BCUT2D eigenvalue weighted by Gasteiger charge is 2.26. The van der Waals surface area contributed by atoms with Crippen molar-refractivity contribution >= 4 is 11.4 Å². The highest BCUT2D eigenvalue weighted by atomic mass is 16.5. The Hall–Kier alpha value is -1.28. The van der Waals surface area contributed by atoms with Gasteiger partial charge in [-0.3, -0.25) is 4.48 Å². The van der Waals surface area contributed by atoms with Gasteiger partial charge in [0.15, 0.2) is 0 Å². The molecular formula is C16H26NO+. The number of quaternary nitrogens is 1. The first-order valence-electron chi connectivity index (χ1n) is 6.55. The summed E-state index contributed by atoms with van der Waals surface area (Å²) in [5.41, 5.74) is 3.81. The van der Waals surface area contributed by atoms with Crippen molar-refractivity contribution in [2.75, 3.05) is 21.2 Å². The van der Waals surface area contributed by atoms with Crippen LogP contribution in [0.3, 0.4) is 0 Å². The van der Waals surface area contributed by atoms with E-state index in [1.165, 1.54) is 11.3 Å². The Morgan fingerprint density at radius 3 is 2.39 bits per heavy atom. The first-order valence-corrected chi connectivity index (χ1v) is 6.55. The first kappa shape index (κ1) is 14.8. The van der Waals surface area contributed by atoms with Gasteiger partial charge in [0.1, 0.15) is 11.4 Å². The molecule has 2 heteroatoms. The fraction of sp³-hybridized carbons (Fsp3) is 0.500. The number of hydrogen-bond donors (Lipinski definition) is 0. The van der Waals surface area contributed by atoms with Crippen LogP contribution in [0.1, 0.15) is 31.9 Å². The van der Waals surface area contributed by atoms with Crippen LogP contribution in [0.5, 0.6) is 0 Å².